The molecule has 0 spiro atoms. The maximum absolute atomic E-state index is 13.0. The molecular formula is C18H22FN3O2S. The van der Waals surface area contributed by atoms with E-state index in [4.69, 9.17) is 4.42 Å². The van der Waals surface area contributed by atoms with Crippen LogP contribution in [-0.2, 0) is 4.79 Å². The minimum Gasteiger partial charge on any atom is -0.411 e. The lowest BCUT2D eigenvalue weighted by Crippen LogP contribution is -2.39. The van der Waals surface area contributed by atoms with Gasteiger partial charge in [0.2, 0.25) is 11.8 Å². The first kappa shape index (κ1) is 17.9. The second-order valence-corrected chi connectivity index (χ2v) is 7.63. The fourth-order valence-electron chi connectivity index (χ4n) is 2.91. The summed E-state index contributed by atoms with van der Waals surface area (Å²) in [5.74, 6) is -0.000946. The first-order valence-electron chi connectivity index (χ1n) is 8.68. The van der Waals surface area contributed by atoms with E-state index in [9.17, 15) is 9.18 Å². The van der Waals surface area contributed by atoms with Gasteiger partial charge in [0.1, 0.15) is 5.82 Å². The number of carbonyl (C=O) groups excluding carboxylic acids is 1. The molecule has 25 heavy (non-hydrogen) atoms. The maximum Gasteiger partial charge on any atom is 0.277 e. The summed E-state index contributed by atoms with van der Waals surface area (Å²) in [7, 11) is 0. The van der Waals surface area contributed by atoms with Crippen molar-refractivity contribution >= 4 is 17.7 Å². The third-order valence-corrected chi connectivity index (χ3v) is 5.28. The zero-order valence-electron chi connectivity index (χ0n) is 14.2. The maximum atomic E-state index is 13.0. The number of carbonyl (C=O) groups is 1. The van der Waals surface area contributed by atoms with Crippen LogP contribution in [-0.4, -0.2) is 27.4 Å². The highest BCUT2D eigenvalue weighted by Gasteiger charge is 2.22. The normalized spacial score (nSPS) is 17.0. The van der Waals surface area contributed by atoms with Crippen molar-refractivity contribution in [3.05, 3.63) is 30.1 Å². The zero-order chi connectivity index (χ0) is 17.6. The van der Waals surface area contributed by atoms with E-state index in [-0.39, 0.29) is 23.0 Å². The molecule has 1 amide bonds. The van der Waals surface area contributed by atoms with Gasteiger partial charge in [0.15, 0.2) is 0 Å². The van der Waals surface area contributed by atoms with E-state index in [2.05, 4.69) is 15.5 Å². The molecule has 1 aromatic carbocycles. The SMILES string of the molecule is C[C@H](Sc1nnc(-c2ccc(F)cc2)o1)C(=O)NC1CCCCCC1. The molecule has 0 aliphatic heterocycles. The smallest absolute Gasteiger partial charge is 0.277 e. The molecule has 2 aromatic rings. The Kier molecular flexibility index (Phi) is 6.07. The van der Waals surface area contributed by atoms with E-state index in [0.29, 0.717) is 16.7 Å². The number of thioether (sulfide) groups is 1. The Balaban J connectivity index is 1.56. The van der Waals surface area contributed by atoms with Crippen molar-refractivity contribution in [3.8, 4) is 11.5 Å². The number of hydrogen-bond donors (Lipinski definition) is 1. The highest BCUT2D eigenvalue weighted by atomic mass is 32.2. The van der Waals surface area contributed by atoms with E-state index >= 15 is 0 Å². The molecule has 0 unspecified atom stereocenters. The Labute approximate surface area is 150 Å². The second-order valence-electron chi connectivity index (χ2n) is 6.34. The summed E-state index contributed by atoms with van der Waals surface area (Å²) >= 11 is 1.24. The molecule has 1 aliphatic carbocycles. The van der Waals surface area contributed by atoms with Crippen molar-refractivity contribution in [2.45, 2.75) is 62.0 Å². The number of amides is 1. The Morgan fingerprint density at radius 2 is 1.88 bits per heavy atom. The molecular weight excluding hydrogens is 341 g/mol. The minimum absolute atomic E-state index is 0.00145. The standard InChI is InChI=1S/C18H22FN3O2S/c1-12(16(23)20-15-6-4-2-3-5-7-15)25-18-22-21-17(24-18)13-8-10-14(19)11-9-13/h8-12,15H,2-7H2,1H3,(H,20,23)/t12-/m0/s1. The molecule has 0 bridgehead atoms. The number of hydrogen-bond acceptors (Lipinski definition) is 5. The van der Waals surface area contributed by atoms with E-state index in [1.54, 1.807) is 12.1 Å². The van der Waals surface area contributed by atoms with E-state index in [1.165, 1.54) is 49.6 Å². The molecule has 7 heteroatoms. The molecule has 1 saturated carbocycles. The van der Waals surface area contributed by atoms with Crippen LogP contribution in [0.4, 0.5) is 4.39 Å². The van der Waals surface area contributed by atoms with Gasteiger partial charge in [-0.05, 0) is 44.0 Å². The third-order valence-electron chi connectivity index (χ3n) is 4.35. The van der Waals surface area contributed by atoms with E-state index in [0.717, 1.165) is 12.8 Å². The fraction of sp³-hybridized carbons (Fsp3) is 0.500. The van der Waals surface area contributed by atoms with Crippen LogP contribution in [0.3, 0.4) is 0 Å². The third kappa shape index (κ3) is 5.04. The lowest BCUT2D eigenvalue weighted by atomic mass is 10.1. The molecule has 1 N–H and O–H groups in total. The number of halogens is 1. The van der Waals surface area contributed by atoms with Crippen molar-refractivity contribution in [3.63, 3.8) is 0 Å². The summed E-state index contributed by atoms with van der Waals surface area (Å²) in [5, 5.41) is 11.1. The molecule has 5 nitrogen and oxygen atoms in total. The van der Waals surface area contributed by atoms with Crippen LogP contribution in [0, 0.1) is 5.82 Å². The van der Waals surface area contributed by atoms with Gasteiger partial charge >= 0.3 is 0 Å². The highest BCUT2D eigenvalue weighted by molar-refractivity contribution is 8.00. The van der Waals surface area contributed by atoms with Crippen LogP contribution in [0.25, 0.3) is 11.5 Å². The van der Waals surface area contributed by atoms with Gasteiger partial charge in [-0.2, -0.15) is 0 Å². The van der Waals surface area contributed by atoms with Gasteiger partial charge in [-0.15, -0.1) is 10.2 Å². The Morgan fingerprint density at radius 3 is 2.56 bits per heavy atom. The lowest BCUT2D eigenvalue weighted by molar-refractivity contribution is -0.121. The molecule has 134 valence electrons. The summed E-state index contributed by atoms with van der Waals surface area (Å²) in [6, 6.07) is 6.12. The quantitative estimate of drug-likeness (QED) is 0.637. The van der Waals surface area contributed by atoms with Crippen molar-refractivity contribution in [1.29, 1.82) is 0 Å². The van der Waals surface area contributed by atoms with Crippen molar-refractivity contribution in [2.75, 3.05) is 0 Å². The fourth-order valence-corrected chi connectivity index (χ4v) is 3.61. The zero-order valence-corrected chi connectivity index (χ0v) is 15.0. The second kappa shape index (κ2) is 8.47. The Hall–Kier alpha value is -1.89. The average Bonchev–Trinajstić information content (AvgIpc) is 2.91. The van der Waals surface area contributed by atoms with Crippen molar-refractivity contribution in [2.24, 2.45) is 0 Å². The summed E-state index contributed by atoms with van der Waals surface area (Å²) in [4.78, 5) is 12.4. The van der Waals surface area contributed by atoms with Crippen LogP contribution in [0.1, 0.15) is 45.4 Å². The minimum atomic E-state index is -0.318. The number of nitrogens with zero attached hydrogens (tertiary/aromatic N) is 2. The monoisotopic (exact) mass is 363 g/mol. The topological polar surface area (TPSA) is 68.0 Å². The van der Waals surface area contributed by atoms with Gasteiger partial charge < -0.3 is 9.73 Å². The predicted octanol–water partition coefficient (Wildman–Crippen LogP) is 4.20. The molecule has 0 saturated heterocycles. The average molecular weight is 363 g/mol. The van der Waals surface area contributed by atoms with E-state index in [1.807, 2.05) is 6.92 Å². The van der Waals surface area contributed by atoms with Crippen LogP contribution in [0.5, 0.6) is 0 Å². The Morgan fingerprint density at radius 1 is 1.20 bits per heavy atom. The number of rotatable bonds is 5. The number of aromatic nitrogens is 2. The van der Waals surface area contributed by atoms with Gasteiger partial charge in [-0.25, -0.2) is 4.39 Å². The largest absolute Gasteiger partial charge is 0.411 e. The predicted molar refractivity (Wildman–Crippen MR) is 94.6 cm³/mol. The molecule has 1 aromatic heterocycles. The highest BCUT2D eigenvalue weighted by Crippen LogP contribution is 2.26. The summed E-state index contributed by atoms with van der Waals surface area (Å²) in [6.45, 7) is 1.83. The Bertz CT molecular complexity index is 697. The first-order valence-corrected chi connectivity index (χ1v) is 9.56. The molecule has 3 rings (SSSR count). The molecule has 1 aliphatic rings. The number of nitrogens with one attached hydrogen (secondary N) is 1. The van der Waals surface area contributed by atoms with Crippen LogP contribution < -0.4 is 5.32 Å². The summed E-state index contributed by atoms with van der Waals surface area (Å²) < 4.78 is 18.5. The molecule has 1 fully saturated rings. The first-order chi connectivity index (χ1) is 12.1. The van der Waals surface area contributed by atoms with Crippen LogP contribution >= 0.6 is 11.8 Å². The lowest BCUT2D eigenvalue weighted by Gasteiger charge is -2.18. The molecule has 0 radical (unpaired) electrons. The van der Waals surface area contributed by atoms with Gasteiger partial charge in [-0.3, -0.25) is 4.79 Å². The van der Waals surface area contributed by atoms with Gasteiger partial charge in [0, 0.05) is 11.6 Å². The summed E-state index contributed by atoms with van der Waals surface area (Å²) in [6.07, 6.45) is 6.97. The van der Waals surface area contributed by atoms with Gasteiger partial charge in [0.25, 0.3) is 5.22 Å². The van der Waals surface area contributed by atoms with Crippen molar-refractivity contribution in [1.82, 2.24) is 15.5 Å². The number of benzene rings is 1. The van der Waals surface area contributed by atoms with Crippen LogP contribution in [0.15, 0.2) is 33.9 Å². The van der Waals surface area contributed by atoms with Crippen molar-refractivity contribution < 1.29 is 13.6 Å². The van der Waals surface area contributed by atoms with E-state index < -0.39 is 0 Å². The summed E-state index contributed by atoms with van der Waals surface area (Å²) in [5.41, 5.74) is 0.649. The van der Waals surface area contributed by atoms with Gasteiger partial charge in [0.05, 0.1) is 5.25 Å². The van der Waals surface area contributed by atoms with Gasteiger partial charge in [-0.1, -0.05) is 37.4 Å². The molecule has 1 heterocycles. The van der Waals surface area contributed by atoms with Crippen LogP contribution in [0.2, 0.25) is 0 Å². The molecule has 1 atom stereocenters.